The molecule has 128 valence electrons. The van der Waals surface area contributed by atoms with Gasteiger partial charge in [0.15, 0.2) is 0 Å². The van der Waals surface area contributed by atoms with Crippen LogP contribution in [0.4, 0.5) is 4.39 Å². The van der Waals surface area contributed by atoms with E-state index in [4.69, 9.17) is 10.5 Å². The average molecular weight is 331 g/mol. The molecule has 0 bridgehead atoms. The van der Waals surface area contributed by atoms with Crippen molar-refractivity contribution in [2.45, 2.75) is 33.4 Å². The number of rotatable bonds is 5. The van der Waals surface area contributed by atoms with Crippen LogP contribution in [0.5, 0.6) is 11.6 Å². The number of ether oxygens (including phenoxy) is 1. The maximum absolute atomic E-state index is 12.9. The van der Waals surface area contributed by atoms with Crippen molar-refractivity contribution < 1.29 is 13.9 Å². The summed E-state index contributed by atoms with van der Waals surface area (Å²) in [5.74, 6) is 0.315. The Morgan fingerprint density at radius 1 is 1.29 bits per heavy atom. The molecule has 1 atom stereocenters. The SMILES string of the molecule is CC(C)(C)[C@H](N)C(=O)NCc1ccnc(Oc2ccc(F)cc2)c1. The van der Waals surface area contributed by atoms with E-state index in [9.17, 15) is 9.18 Å². The topological polar surface area (TPSA) is 77.2 Å². The number of nitrogens with two attached hydrogens (primary N) is 1. The molecular formula is C18H22FN3O2. The molecule has 0 aliphatic heterocycles. The second-order valence-electron chi connectivity index (χ2n) is 6.62. The second-order valence-corrected chi connectivity index (χ2v) is 6.62. The third-order valence-electron chi connectivity index (χ3n) is 3.52. The van der Waals surface area contributed by atoms with Crippen LogP contribution < -0.4 is 15.8 Å². The highest BCUT2D eigenvalue weighted by atomic mass is 19.1. The molecule has 1 heterocycles. The van der Waals surface area contributed by atoms with Crippen molar-refractivity contribution in [2.75, 3.05) is 0 Å². The van der Waals surface area contributed by atoms with E-state index in [0.29, 0.717) is 18.2 Å². The highest BCUT2D eigenvalue weighted by molar-refractivity contribution is 5.82. The lowest BCUT2D eigenvalue weighted by molar-refractivity contribution is -0.124. The maximum atomic E-state index is 12.9. The number of halogens is 1. The number of nitrogens with one attached hydrogen (secondary N) is 1. The summed E-state index contributed by atoms with van der Waals surface area (Å²) in [5, 5.41) is 2.81. The van der Waals surface area contributed by atoms with E-state index < -0.39 is 6.04 Å². The van der Waals surface area contributed by atoms with Crippen LogP contribution in [-0.4, -0.2) is 16.9 Å². The molecule has 2 aromatic rings. The number of hydrogen-bond donors (Lipinski definition) is 2. The maximum Gasteiger partial charge on any atom is 0.237 e. The minimum atomic E-state index is -0.589. The number of pyridine rings is 1. The summed E-state index contributed by atoms with van der Waals surface area (Å²) < 4.78 is 18.5. The van der Waals surface area contributed by atoms with E-state index in [-0.39, 0.29) is 17.1 Å². The monoisotopic (exact) mass is 331 g/mol. The number of amides is 1. The summed E-state index contributed by atoms with van der Waals surface area (Å²) in [4.78, 5) is 16.2. The van der Waals surface area contributed by atoms with Gasteiger partial charge in [0, 0.05) is 18.8 Å². The normalized spacial score (nSPS) is 12.5. The van der Waals surface area contributed by atoms with Crippen LogP contribution in [0.15, 0.2) is 42.6 Å². The minimum Gasteiger partial charge on any atom is -0.439 e. The molecule has 0 aliphatic carbocycles. The summed E-state index contributed by atoms with van der Waals surface area (Å²) in [7, 11) is 0. The second kappa shape index (κ2) is 7.40. The third-order valence-corrected chi connectivity index (χ3v) is 3.52. The smallest absolute Gasteiger partial charge is 0.237 e. The molecule has 1 aromatic carbocycles. The molecule has 0 radical (unpaired) electrons. The van der Waals surface area contributed by atoms with Gasteiger partial charge in [0.25, 0.3) is 0 Å². The first-order valence-corrected chi connectivity index (χ1v) is 7.67. The molecule has 6 heteroatoms. The molecule has 24 heavy (non-hydrogen) atoms. The molecular weight excluding hydrogens is 309 g/mol. The van der Waals surface area contributed by atoms with Gasteiger partial charge in [0.1, 0.15) is 11.6 Å². The molecule has 2 rings (SSSR count). The van der Waals surface area contributed by atoms with Gasteiger partial charge in [-0.05, 0) is 41.3 Å². The fraction of sp³-hybridized carbons (Fsp3) is 0.333. The van der Waals surface area contributed by atoms with Crippen LogP contribution in [0.25, 0.3) is 0 Å². The zero-order chi connectivity index (χ0) is 17.7. The predicted octanol–water partition coefficient (Wildman–Crippen LogP) is 3.00. The Kier molecular flexibility index (Phi) is 5.51. The van der Waals surface area contributed by atoms with Crippen molar-refractivity contribution in [3.8, 4) is 11.6 Å². The van der Waals surface area contributed by atoms with Crippen LogP contribution in [-0.2, 0) is 11.3 Å². The van der Waals surface area contributed by atoms with Crippen molar-refractivity contribution in [1.82, 2.24) is 10.3 Å². The summed E-state index contributed by atoms with van der Waals surface area (Å²) in [5.41, 5.74) is 6.45. The van der Waals surface area contributed by atoms with Gasteiger partial charge in [-0.1, -0.05) is 20.8 Å². The highest BCUT2D eigenvalue weighted by Gasteiger charge is 2.27. The van der Waals surface area contributed by atoms with Crippen LogP contribution in [0.2, 0.25) is 0 Å². The standard InChI is InChI=1S/C18H22FN3O2/c1-18(2,3)16(20)17(23)22-11-12-8-9-21-15(10-12)24-14-6-4-13(19)5-7-14/h4-10,16H,11,20H2,1-3H3,(H,22,23)/t16-/m1/s1. The Balaban J connectivity index is 1.98. The molecule has 0 saturated heterocycles. The molecule has 0 fully saturated rings. The van der Waals surface area contributed by atoms with Gasteiger partial charge in [0.05, 0.1) is 6.04 Å². The fourth-order valence-corrected chi connectivity index (χ4v) is 1.93. The zero-order valence-corrected chi connectivity index (χ0v) is 14.0. The Labute approximate surface area is 141 Å². The van der Waals surface area contributed by atoms with Crippen LogP contribution >= 0.6 is 0 Å². The zero-order valence-electron chi connectivity index (χ0n) is 14.0. The van der Waals surface area contributed by atoms with Crippen molar-refractivity contribution in [1.29, 1.82) is 0 Å². The average Bonchev–Trinajstić information content (AvgIpc) is 2.53. The van der Waals surface area contributed by atoms with E-state index in [2.05, 4.69) is 10.3 Å². The Morgan fingerprint density at radius 3 is 2.58 bits per heavy atom. The van der Waals surface area contributed by atoms with E-state index in [1.807, 2.05) is 20.8 Å². The number of carbonyl (C=O) groups excluding carboxylic acids is 1. The van der Waals surface area contributed by atoms with Gasteiger partial charge in [-0.25, -0.2) is 9.37 Å². The predicted molar refractivity (Wildman–Crippen MR) is 90.0 cm³/mol. The van der Waals surface area contributed by atoms with Crippen molar-refractivity contribution in [2.24, 2.45) is 11.1 Å². The van der Waals surface area contributed by atoms with Gasteiger partial charge in [0.2, 0.25) is 11.8 Å². The van der Waals surface area contributed by atoms with Gasteiger partial charge in [-0.15, -0.1) is 0 Å². The lowest BCUT2D eigenvalue weighted by Crippen LogP contribution is -2.48. The molecule has 3 N–H and O–H groups in total. The fourth-order valence-electron chi connectivity index (χ4n) is 1.93. The number of aromatic nitrogens is 1. The van der Waals surface area contributed by atoms with E-state index in [0.717, 1.165) is 5.56 Å². The first-order valence-electron chi connectivity index (χ1n) is 7.67. The van der Waals surface area contributed by atoms with Crippen molar-refractivity contribution >= 4 is 5.91 Å². The molecule has 0 unspecified atom stereocenters. The van der Waals surface area contributed by atoms with E-state index in [1.54, 1.807) is 18.3 Å². The van der Waals surface area contributed by atoms with Crippen molar-refractivity contribution in [3.05, 3.63) is 54.0 Å². The number of hydrogen-bond acceptors (Lipinski definition) is 4. The molecule has 0 aliphatic rings. The molecule has 0 saturated carbocycles. The number of benzene rings is 1. The first kappa shape index (κ1) is 17.9. The van der Waals surface area contributed by atoms with Gasteiger partial charge in [-0.2, -0.15) is 0 Å². The molecule has 0 spiro atoms. The third kappa shape index (κ3) is 5.03. The first-order chi connectivity index (χ1) is 11.3. The minimum absolute atomic E-state index is 0.208. The molecule has 1 amide bonds. The molecule has 5 nitrogen and oxygen atoms in total. The van der Waals surface area contributed by atoms with Gasteiger partial charge < -0.3 is 15.8 Å². The van der Waals surface area contributed by atoms with Crippen molar-refractivity contribution in [3.63, 3.8) is 0 Å². The Bertz CT molecular complexity index is 696. The van der Waals surface area contributed by atoms with E-state index in [1.165, 1.54) is 24.3 Å². The van der Waals surface area contributed by atoms with Gasteiger partial charge in [-0.3, -0.25) is 4.79 Å². The highest BCUT2D eigenvalue weighted by Crippen LogP contribution is 2.20. The number of carbonyl (C=O) groups is 1. The lowest BCUT2D eigenvalue weighted by Gasteiger charge is -2.25. The van der Waals surface area contributed by atoms with Crippen LogP contribution in [0, 0.1) is 11.2 Å². The lowest BCUT2D eigenvalue weighted by atomic mass is 9.87. The summed E-state index contributed by atoms with van der Waals surface area (Å²) in [6.45, 7) is 6.07. The van der Waals surface area contributed by atoms with Crippen LogP contribution in [0.3, 0.4) is 0 Å². The summed E-state index contributed by atoms with van der Waals surface area (Å²) >= 11 is 0. The van der Waals surface area contributed by atoms with Crippen LogP contribution in [0.1, 0.15) is 26.3 Å². The quantitative estimate of drug-likeness (QED) is 0.883. The van der Waals surface area contributed by atoms with E-state index >= 15 is 0 Å². The Hall–Kier alpha value is -2.47. The largest absolute Gasteiger partial charge is 0.439 e. The summed E-state index contributed by atoms with van der Waals surface area (Å²) in [6.07, 6.45) is 1.59. The van der Waals surface area contributed by atoms with Gasteiger partial charge >= 0.3 is 0 Å². The summed E-state index contributed by atoms with van der Waals surface area (Å²) in [6, 6.07) is 8.57. The number of nitrogens with zero attached hydrogens (tertiary/aromatic N) is 1. The Morgan fingerprint density at radius 2 is 1.96 bits per heavy atom. The molecule has 1 aromatic heterocycles.